The predicted molar refractivity (Wildman–Crippen MR) is 98.4 cm³/mol. The summed E-state index contributed by atoms with van der Waals surface area (Å²) in [5.41, 5.74) is 2.73. The zero-order valence-electron chi connectivity index (χ0n) is 14.6. The summed E-state index contributed by atoms with van der Waals surface area (Å²) in [7, 11) is 0. The number of pyridine rings is 1. The van der Waals surface area contributed by atoms with E-state index in [-0.39, 0.29) is 18.6 Å². The first-order valence-electron chi connectivity index (χ1n) is 8.84. The number of aliphatic hydroxyl groups is 1. The van der Waals surface area contributed by atoms with Gasteiger partial charge in [-0.1, -0.05) is 12.1 Å². The molecule has 0 aliphatic carbocycles. The highest BCUT2D eigenvalue weighted by Gasteiger charge is 2.23. The zero-order valence-corrected chi connectivity index (χ0v) is 14.6. The number of likely N-dealkylation sites (tertiary alicyclic amines) is 1. The molecule has 25 heavy (non-hydrogen) atoms. The van der Waals surface area contributed by atoms with E-state index in [9.17, 15) is 9.90 Å². The Bertz CT molecular complexity index is 697. The Morgan fingerprint density at radius 1 is 1.32 bits per heavy atom. The Labute approximate surface area is 148 Å². The van der Waals surface area contributed by atoms with Crippen LogP contribution in [0.5, 0.6) is 0 Å². The maximum Gasteiger partial charge on any atom is 0.253 e. The lowest BCUT2D eigenvalue weighted by atomic mass is 9.97. The Hall–Kier alpha value is -2.40. The first-order valence-corrected chi connectivity index (χ1v) is 8.84. The zero-order chi connectivity index (χ0) is 17.6. The molecule has 0 radical (unpaired) electrons. The van der Waals surface area contributed by atoms with Gasteiger partial charge in [-0.25, -0.2) is 0 Å². The summed E-state index contributed by atoms with van der Waals surface area (Å²) in [4.78, 5) is 18.8. The van der Waals surface area contributed by atoms with Crippen molar-refractivity contribution in [1.29, 1.82) is 0 Å². The predicted octanol–water partition coefficient (Wildman–Crippen LogP) is 3.10. The highest BCUT2D eigenvalue weighted by atomic mass is 16.3. The van der Waals surface area contributed by atoms with Crippen LogP contribution in [0.4, 0.5) is 5.69 Å². The maximum atomic E-state index is 12.7. The van der Waals surface area contributed by atoms with Gasteiger partial charge in [0.1, 0.15) is 0 Å². The van der Waals surface area contributed by atoms with E-state index in [1.807, 2.05) is 47.5 Å². The molecule has 5 heteroatoms. The SMILES string of the molecule is CC(Nc1cccc(C(=O)N2CCC(CO)CC2)c1)c1cccnc1. The first kappa shape index (κ1) is 17.4. The number of rotatable bonds is 5. The van der Waals surface area contributed by atoms with E-state index in [0.717, 1.165) is 24.1 Å². The Kier molecular flexibility index (Phi) is 5.66. The number of anilines is 1. The molecule has 0 bridgehead atoms. The molecule has 1 unspecified atom stereocenters. The topological polar surface area (TPSA) is 65.5 Å². The van der Waals surface area contributed by atoms with Gasteiger partial charge in [0.15, 0.2) is 0 Å². The number of carbonyl (C=O) groups excluding carboxylic acids is 1. The minimum Gasteiger partial charge on any atom is -0.396 e. The standard InChI is InChI=1S/C20H25N3O2/c1-15(18-5-3-9-21-13-18)22-19-6-2-4-17(12-19)20(25)23-10-7-16(14-24)8-11-23/h2-6,9,12-13,15-16,22,24H,7-8,10-11,14H2,1H3. The first-order chi connectivity index (χ1) is 12.2. The molecule has 1 saturated heterocycles. The van der Waals surface area contributed by atoms with Crippen LogP contribution in [0.3, 0.4) is 0 Å². The number of hydrogen-bond acceptors (Lipinski definition) is 4. The summed E-state index contributed by atoms with van der Waals surface area (Å²) in [6.45, 7) is 3.72. The number of hydrogen-bond donors (Lipinski definition) is 2. The van der Waals surface area contributed by atoms with Gasteiger partial charge in [-0.3, -0.25) is 9.78 Å². The lowest BCUT2D eigenvalue weighted by Gasteiger charge is -2.31. The minimum atomic E-state index is 0.0640. The van der Waals surface area contributed by atoms with Crippen molar-refractivity contribution >= 4 is 11.6 Å². The van der Waals surface area contributed by atoms with Crippen molar-refractivity contribution in [2.75, 3.05) is 25.0 Å². The smallest absolute Gasteiger partial charge is 0.253 e. The fourth-order valence-electron chi connectivity index (χ4n) is 3.21. The fourth-order valence-corrected chi connectivity index (χ4v) is 3.21. The lowest BCUT2D eigenvalue weighted by molar-refractivity contribution is 0.0651. The third-order valence-electron chi connectivity index (χ3n) is 4.84. The van der Waals surface area contributed by atoms with Crippen molar-refractivity contribution in [2.45, 2.75) is 25.8 Å². The van der Waals surface area contributed by atoms with Crippen molar-refractivity contribution < 1.29 is 9.90 Å². The average molecular weight is 339 g/mol. The van der Waals surface area contributed by atoms with Gasteiger partial charge in [0.25, 0.3) is 5.91 Å². The highest BCUT2D eigenvalue weighted by Crippen LogP contribution is 2.22. The van der Waals surface area contributed by atoms with Crippen LogP contribution in [0.1, 0.15) is 41.7 Å². The molecular formula is C20H25N3O2. The highest BCUT2D eigenvalue weighted by molar-refractivity contribution is 5.95. The van der Waals surface area contributed by atoms with Gasteiger partial charge in [0.05, 0.1) is 6.04 Å². The Morgan fingerprint density at radius 2 is 2.12 bits per heavy atom. The normalized spacial score (nSPS) is 16.5. The molecule has 1 aromatic carbocycles. The van der Waals surface area contributed by atoms with Crippen LogP contribution in [0.25, 0.3) is 0 Å². The summed E-state index contributed by atoms with van der Waals surface area (Å²) in [5, 5.41) is 12.7. The fraction of sp³-hybridized carbons (Fsp3) is 0.400. The molecule has 2 aromatic rings. The van der Waals surface area contributed by atoms with Gasteiger partial charge in [-0.05, 0) is 55.5 Å². The molecular weight excluding hydrogens is 314 g/mol. The van der Waals surface area contributed by atoms with Crippen LogP contribution in [0, 0.1) is 5.92 Å². The summed E-state index contributed by atoms with van der Waals surface area (Å²) in [6.07, 6.45) is 5.35. The van der Waals surface area contributed by atoms with E-state index in [4.69, 9.17) is 0 Å². The van der Waals surface area contributed by atoms with Crippen LogP contribution < -0.4 is 5.32 Å². The molecule has 1 aliphatic heterocycles. The second-order valence-corrected chi connectivity index (χ2v) is 6.65. The van der Waals surface area contributed by atoms with E-state index in [0.29, 0.717) is 24.6 Å². The van der Waals surface area contributed by atoms with E-state index >= 15 is 0 Å². The lowest BCUT2D eigenvalue weighted by Crippen LogP contribution is -2.39. The van der Waals surface area contributed by atoms with Gasteiger partial charge in [0.2, 0.25) is 0 Å². The molecule has 2 heterocycles. The monoisotopic (exact) mass is 339 g/mol. The second-order valence-electron chi connectivity index (χ2n) is 6.65. The molecule has 3 rings (SSSR count). The summed E-state index contributed by atoms with van der Waals surface area (Å²) >= 11 is 0. The number of benzene rings is 1. The summed E-state index contributed by atoms with van der Waals surface area (Å²) in [5.74, 6) is 0.395. The van der Waals surface area contributed by atoms with Gasteiger partial charge in [-0.2, -0.15) is 0 Å². The van der Waals surface area contributed by atoms with Crippen molar-refractivity contribution in [3.63, 3.8) is 0 Å². The number of carbonyl (C=O) groups is 1. The van der Waals surface area contributed by atoms with Crippen molar-refractivity contribution in [2.24, 2.45) is 5.92 Å². The Balaban J connectivity index is 1.66. The molecule has 0 spiro atoms. The second kappa shape index (κ2) is 8.12. The van der Waals surface area contributed by atoms with Crippen LogP contribution in [0.2, 0.25) is 0 Å². The third kappa shape index (κ3) is 4.37. The van der Waals surface area contributed by atoms with Gasteiger partial charge in [0, 0.05) is 43.3 Å². The quantitative estimate of drug-likeness (QED) is 0.878. The molecule has 2 N–H and O–H groups in total. The van der Waals surface area contributed by atoms with Crippen LogP contribution in [-0.2, 0) is 0 Å². The average Bonchev–Trinajstić information content (AvgIpc) is 2.68. The van der Waals surface area contributed by atoms with Crippen LogP contribution >= 0.6 is 0 Å². The Morgan fingerprint density at radius 3 is 2.80 bits per heavy atom. The molecule has 5 nitrogen and oxygen atoms in total. The van der Waals surface area contributed by atoms with E-state index < -0.39 is 0 Å². The molecule has 1 atom stereocenters. The van der Waals surface area contributed by atoms with E-state index in [1.165, 1.54) is 0 Å². The minimum absolute atomic E-state index is 0.0640. The van der Waals surface area contributed by atoms with Gasteiger partial charge in [-0.15, -0.1) is 0 Å². The molecule has 1 aliphatic rings. The van der Waals surface area contributed by atoms with Gasteiger partial charge >= 0.3 is 0 Å². The number of nitrogens with one attached hydrogen (secondary N) is 1. The van der Waals surface area contributed by atoms with Gasteiger partial charge < -0.3 is 15.3 Å². The molecule has 1 amide bonds. The number of aliphatic hydroxyl groups excluding tert-OH is 1. The van der Waals surface area contributed by atoms with E-state index in [1.54, 1.807) is 6.20 Å². The van der Waals surface area contributed by atoms with Crippen molar-refractivity contribution in [3.05, 3.63) is 59.9 Å². The molecule has 0 saturated carbocycles. The number of amides is 1. The third-order valence-corrected chi connectivity index (χ3v) is 4.84. The molecule has 1 fully saturated rings. The number of aromatic nitrogens is 1. The van der Waals surface area contributed by atoms with Crippen molar-refractivity contribution in [3.8, 4) is 0 Å². The van der Waals surface area contributed by atoms with Crippen LogP contribution in [0.15, 0.2) is 48.8 Å². The number of nitrogens with zero attached hydrogens (tertiary/aromatic N) is 2. The number of piperidine rings is 1. The maximum absolute atomic E-state index is 12.7. The largest absolute Gasteiger partial charge is 0.396 e. The van der Waals surface area contributed by atoms with Crippen LogP contribution in [-0.4, -0.2) is 40.6 Å². The molecule has 132 valence electrons. The van der Waals surface area contributed by atoms with Crippen molar-refractivity contribution in [1.82, 2.24) is 9.88 Å². The summed E-state index contributed by atoms with van der Waals surface area (Å²) in [6, 6.07) is 11.7. The molecule has 1 aromatic heterocycles. The van der Waals surface area contributed by atoms with E-state index in [2.05, 4.69) is 17.2 Å². The summed E-state index contributed by atoms with van der Waals surface area (Å²) < 4.78 is 0.